The summed E-state index contributed by atoms with van der Waals surface area (Å²) >= 11 is 0.785. The number of benzene rings is 1. The molecule has 0 unspecified atom stereocenters. The number of thioether (sulfide) groups is 1. The molecular formula is C28H28F6N4O4S. The quantitative estimate of drug-likeness (QED) is 0.227. The van der Waals surface area contributed by atoms with Crippen molar-refractivity contribution < 1.29 is 45.0 Å². The molecule has 1 aromatic carbocycles. The molecule has 2 aromatic heterocycles. The van der Waals surface area contributed by atoms with E-state index in [0.717, 1.165) is 11.8 Å². The fourth-order valence-corrected chi connectivity index (χ4v) is 5.01. The number of ether oxygens (including phenoxy) is 2. The molecule has 0 radical (unpaired) electrons. The lowest BCUT2D eigenvalue weighted by Gasteiger charge is -2.32. The van der Waals surface area contributed by atoms with E-state index in [-0.39, 0.29) is 18.6 Å². The smallest absolute Gasteiger partial charge is 0.426 e. The van der Waals surface area contributed by atoms with Crippen molar-refractivity contribution in [1.82, 2.24) is 15.2 Å². The molecule has 1 amide bonds. The Balaban J connectivity index is 1.88. The van der Waals surface area contributed by atoms with Crippen LogP contribution in [0.4, 0.5) is 36.8 Å². The van der Waals surface area contributed by atoms with Crippen LogP contribution in [0.15, 0.2) is 58.0 Å². The van der Waals surface area contributed by atoms with Crippen LogP contribution in [0.1, 0.15) is 57.1 Å². The standard InChI is InChI=1S/C28H28F6N4O4S/c1-25(2,3)42-24(39)35-19-15-18(27(29,30)31)22-36-20(19)21-37-38-23(41-21)26(28(32,33)34,13-9-4-5-10-14-43-22)40-16-17-11-7-6-8-12-17/h4-8,11-12,15H,9-10,13-14,16H2,1-3H3,(H,35,39)/t26-/m1/s1. The van der Waals surface area contributed by atoms with Crippen LogP contribution in [0.2, 0.25) is 0 Å². The summed E-state index contributed by atoms with van der Waals surface area (Å²) < 4.78 is 103. The van der Waals surface area contributed by atoms with Crippen LogP contribution in [0, 0.1) is 0 Å². The maximum atomic E-state index is 14.9. The van der Waals surface area contributed by atoms with Crippen molar-refractivity contribution in [3.63, 3.8) is 0 Å². The molecule has 1 atom stereocenters. The molecule has 8 nitrogen and oxygen atoms in total. The van der Waals surface area contributed by atoms with Crippen molar-refractivity contribution in [2.75, 3.05) is 11.1 Å². The predicted octanol–water partition coefficient (Wildman–Crippen LogP) is 8.30. The number of aromatic nitrogens is 3. The van der Waals surface area contributed by atoms with Gasteiger partial charge in [-0.1, -0.05) is 42.5 Å². The molecule has 0 saturated carbocycles. The van der Waals surface area contributed by atoms with Crippen LogP contribution in [-0.4, -0.2) is 38.8 Å². The zero-order chi connectivity index (χ0) is 31.5. The molecule has 43 heavy (non-hydrogen) atoms. The highest BCUT2D eigenvalue weighted by Crippen LogP contribution is 2.47. The number of allylic oxidation sites excluding steroid dienone is 2. The molecule has 3 aromatic rings. The van der Waals surface area contributed by atoms with Crippen LogP contribution >= 0.6 is 11.8 Å². The predicted molar refractivity (Wildman–Crippen MR) is 145 cm³/mol. The highest BCUT2D eigenvalue weighted by molar-refractivity contribution is 7.99. The number of pyridine rings is 1. The summed E-state index contributed by atoms with van der Waals surface area (Å²) in [4.78, 5) is 16.6. The zero-order valence-corrected chi connectivity index (χ0v) is 24.1. The van der Waals surface area contributed by atoms with Crippen molar-refractivity contribution in [2.24, 2.45) is 0 Å². The van der Waals surface area contributed by atoms with Gasteiger partial charge in [0.1, 0.15) is 10.6 Å². The van der Waals surface area contributed by atoms with Crippen LogP contribution in [0.25, 0.3) is 11.6 Å². The largest absolute Gasteiger partial charge is 0.444 e. The first kappa shape index (κ1) is 32.3. The van der Waals surface area contributed by atoms with Gasteiger partial charge in [-0.2, -0.15) is 26.3 Å². The molecule has 232 valence electrons. The average Bonchev–Trinajstić information content (AvgIpc) is 3.38. The second-order valence-corrected chi connectivity index (χ2v) is 11.6. The van der Waals surface area contributed by atoms with Gasteiger partial charge in [-0.25, -0.2) is 9.78 Å². The Bertz CT molecular complexity index is 1450. The number of carbonyl (C=O) groups is 1. The van der Waals surface area contributed by atoms with Gasteiger partial charge in [-0.05, 0) is 51.7 Å². The third-order valence-corrected chi connectivity index (χ3v) is 7.07. The molecule has 1 aliphatic rings. The van der Waals surface area contributed by atoms with E-state index in [1.165, 1.54) is 6.08 Å². The number of nitrogens with zero attached hydrogens (tertiary/aromatic N) is 3. The zero-order valence-electron chi connectivity index (χ0n) is 23.3. The molecule has 4 rings (SSSR count). The Kier molecular flexibility index (Phi) is 9.45. The van der Waals surface area contributed by atoms with Crippen LogP contribution < -0.4 is 5.32 Å². The average molecular weight is 631 g/mol. The summed E-state index contributed by atoms with van der Waals surface area (Å²) in [6, 6.07) is 8.78. The van der Waals surface area contributed by atoms with Crippen molar-refractivity contribution >= 4 is 23.5 Å². The third-order valence-electron chi connectivity index (χ3n) is 6.04. The number of carbonyl (C=O) groups excluding carboxylic acids is 1. The summed E-state index contributed by atoms with van der Waals surface area (Å²) in [7, 11) is 0. The van der Waals surface area contributed by atoms with E-state index in [1.54, 1.807) is 57.2 Å². The Morgan fingerprint density at radius 2 is 1.74 bits per heavy atom. The first-order valence-electron chi connectivity index (χ1n) is 13.1. The van der Waals surface area contributed by atoms with E-state index in [0.29, 0.717) is 11.6 Å². The molecule has 15 heteroatoms. The molecule has 1 aliphatic heterocycles. The minimum absolute atomic E-state index is 0.112. The van der Waals surface area contributed by atoms with Gasteiger partial charge in [-0.15, -0.1) is 22.0 Å². The Hall–Kier alpha value is -3.59. The Labute approximate surface area is 247 Å². The van der Waals surface area contributed by atoms with Gasteiger partial charge in [0.2, 0.25) is 5.60 Å². The maximum absolute atomic E-state index is 14.9. The highest BCUT2D eigenvalue weighted by atomic mass is 32.2. The van der Waals surface area contributed by atoms with Crippen LogP contribution in [0.5, 0.6) is 0 Å². The highest BCUT2D eigenvalue weighted by Gasteiger charge is 2.61. The number of hydrogen-bond donors (Lipinski definition) is 1. The van der Waals surface area contributed by atoms with Crippen LogP contribution in [0.3, 0.4) is 0 Å². The lowest BCUT2D eigenvalue weighted by molar-refractivity contribution is -0.299. The number of rotatable bonds is 4. The van der Waals surface area contributed by atoms with Gasteiger partial charge in [0.05, 0.1) is 17.9 Å². The maximum Gasteiger partial charge on any atom is 0.426 e. The number of halogens is 6. The van der Waals surface area contributed by atoms with Crippen LogP contribution in [-0.2, 0) is 27.9 Å². The van der Waals surface area contributed by atoms with Gasteiger partial charge in [0, 0.05) is 5.75 Å². The summed E-state index contributed by atoms with van der Waals surface area (Å²) in [5, 5.41) is 9.08. The van der Waals surface area contributed by atoms with Gasteiger partial charge in [-0.3, -0.25) is 5.32 Å². The van der Waals surface area contributed by atoms with E-state index in [2.05, 4.69) is 20.5 Å². The van der Waals surface area contributed by atoms with E-state index >= 15 is 0 Å². The molecule has 1 N–H and O–H groups in total. The lowest BCUT2D eigenvalue weighted by atomic mass is 9.95. The number of hydrogen-bond acceptors (Lipinski definition) is 8. The fraction of sp³-hybridized carbons (Fsp3) is 0.429. The summed E-state index contributed by atoms with van der Waals surface area (Å²) in [6.07, 6.45) is -8.46. The molecule has 3 heterocycles. The first-order valence-corrected chi connectivity index (χ1v) is 14.1. The number of anilines is 1. The molecule has 0 aliphatic carbocycles. The number of amides is 1. The summed E-state index contributed by atoms with van der Waals surface area (Å²) in [5.41, 5.74) is -5.80. The molecule has 0 fully saturated rings. The minimum atomic E-state index is -5.04. The van der Waals surface area contributed by atoms with E-state index in [4.69, 9.17) is 13.9 Å². The number of nitrogens with one attached hydrogen (secondary N) is 1. The third kappa shape index (κ3) is 7.88. The Morgan fingerprint density at radius 3 is 2.40 bits per heavy atom. The normalized spacial score (nSPS) is 18.2. The lowest BCUT2D eigenvalue weighted by Crippen LogP contribution is -2.45. The van der Waals surface area contributed by atoms with Crippen molar-refractivity contribution in [3.8, 4) is 11.6 Å². The molecule has 0 saturated heterocycles. The topological polar surface area (TPSA) is 99.4 Å². The van der Waals surface area contributed by atoms with E-state index in [9.17, 15) is 31.1 Å². The second-order valence-electron chi connectivity index (χ2n) is 10.5. The second kappa shape index (κ2) is 12.6. The summed E-state index contributed by atoms with van der Waals surface area (Å²) in [5.74, 6) is -1.48. The molecular weight excluding hydrogens is 602 g/mol. The van der Waals surface area contributed by atoms with Crippen molar-refractivity contribution in [3.05, 3.63) is 65.6 Å². The first-order chi connectivity index (χ1) is 20.1. The van der Waals surface area contributed by atoms with Crippen molar-refractivity contribution in [1.29, 1.82) is 0 Å². The fourth-order valence-electron chi connectivity index (χ4n) is 4.08. The van der Waals surface area contributed by atoms with E-state index < -0.39 is 76.4 Å². The summed E-state index contributed by atoms with van der Waals surface area (Å²) in [6.45, 7) is 4.18. The van der Waals surface area contributed by atoms with Gasteiger partial charge in [0.25, 0.3) is 11.8 Å². The molecule has 0 spiro atoms. The van der Waals surface area contributed by atoms with Gasteiger partial charge < -0.3 is 13.9 Å². The van der Waals surface area contributed by atoms with Crippen molar-refractivity contribution in [2.45, 2.75) is 75.2 Å². The monoisotopic (exact) mass is 630 g/mol. The Morgan fingerprint density at radius 1 is 1.05 bits per heavy atom. The SMILES string of the molecule is CC(C)(C)OC(=O)Nc1cc(C(F)(F)F)c2nc1-c1nnc(o1)[C@@](OCc1ccccc1)(C(F)(F)F)CCC=CCCS2. The van der Waals surface area contributed by atoms with Gasteiger partial charge in [0.15, 0.2) is 5.69 Å². The minimum Gasteiger partial charge on any atom is -0.444 e. The number of fused-ring (bicyclic) bond motifs is 5. The van der Waals surface area contributed by atoms with E-state index in [1.807, 2.05) is 0 Å². The number of alkyl halides is 6. The molecule has 4 bridgehead atoms. The van der Waals surface area contributed by atoms with Gasteiger partial charge >= 0.3 is 18.4 Å².